The van der Waals surface area contributed by atoms with E-state index in [4.69, 9.17) is 0 Å². The summed E-state index contributed by atoms with van der Waals surface area (Å²) in [5, 5.41) is 12.3. The van der Waals surface area contributed by atoms with Gasteiger partial charge in [-0.25, -0.2) is 0 Å². The number of aromatic nitrogens is 3. The number of likely N-dealkylation sites (tertiary alicyclic amines) is 1. The first kappa shape index (κ1) is 20.1. The van der Waals surface area contributed by atoms with Crippen molar-refractivity contribution in [2.24, 2.45) is 11.8 Å². The van der Waals surface area contributed by atoms with Crippen LogP contribution in [-0.2, 0) is 13.1 Å². The summed E-state index contributed by atoms with van der Waals surface area (Å²) < 4.78 is 2.38. The molecule has 26 heavy (non-hydrogen) atoms. The van der Waals surface area contributed by atoms with Crippen molar-refractivity contribution in [1.82, 2.24) is 25.0 Å². The standard InChI is InChI=1S/C20H35N5.ClH/c1-2-3-16-4-6-17(7-5-16)15-24-11-8-18(9-12-24)20-23-22-19-14-21-10-13-25(19)20;/h16-18,21H,2-15H2,1H3;1H. The van der Waals surface area contributed by atoms with Gasteiger partial charge in [0.05, 0.1) is 6.54 Å². The van der Waals surface area contributed by atoms with E-state index < -0.39 is 0 Å². The van der Waals surface area contributed by atoms with Crippen LogP contribution in [0.4, 0.5) is 0 Å². The molecule has 1 saturated heterocycles. The van der Waals surface area contributed by atoms with Crippen molar-refractivity contribution in [3.8, 4) is 0 Å². The van der Waals surface area contributed by atoms with Crippen molar-refractivity contribution in [3.05, 3.63) is 11.6 Å². The third-order valence-corrected chi connectivity index (χ3v) is 6.78. The van der Waals surface area contributed by atoms with Crippen molar-refractivity contribution in [2.45, 2.75) is 77.3 Å². The van der Waals surface area contributed by atoms with Gasteiger partial charge in [-0.2, -0.15) is 0 Å². The zero-order chi connectivity index (χ0) is 17.1. The third-order valence-electron chi connectivity index (χ3n) is 6.78. The fourth-order valence-corrected chi connectivity index (χ4v) is 5.27. The van der Waals surface area contributed by atoms with Gasteiger partial charge in [0, 0.05) is 25.6 Å². The summed E-state index contributed by atoms with van der Waals surface area (Å²) in [6, 6.07) is 0. The van der Waals surface area contributed by atoms with Gasteiger partial charge in [-0.3, -0.25) is 0 Å². The molecule has 2 aliphatic heterocycles. The highest BCUT2D eigenvalue weighted by Crippen LogP contribution is 2.33. The fourth-order valence-electron chi connectivity index (χ4n) is 5.27. The second kappa shape index (κ2) is 9.52. The lowest BCUT2D eigenvalue weighted by molar-refractivity contribution is 0.147. The van der Waals surface area contributed by atoms with E-state index in [0.717, 1.165) is 37.3 Å². The minimum atomic E-state index is 0. The van der Waals surface area contributed by atoms with Gasteiger partial charge in [-0.1, -0.05) is 32.6 Å². The van der Waals surface area contributed by atoms with Crippen LogP contribution in [0.1, 0.15) is 75.9 Å². The van der Waals surface area contributed by atoms with Crippen molar-refractivity contribution >= 4 is 12.4 Å². The Balaban J connectivity index is 0.00000196. The van der Waals surface area contributed by atoms with Gasteiger partial charge in [0.15, 0.2) is 0 Å². The molecule has 0 bridgehead atoms. The lowest BCUT2D eigenvalue weighted by atomic mass is 9.79. The molecular weight excluding hydrogens is 346 g/mol. The predicted molar refractivity (Wildman–Crippen MR) is 108 cm³/mol. The molecule has 1 aliphatic carbocycles. The Hall–Kier alpha value is -0.650. The molecule has 0 amide bonds. The fraction of sp³-hybridized carbons (Fsp3) is 0.900. The van der Waals surface area contributed by atoms with Crippen molar-refractivity contribution in [1.29, 1.82) is 0 Å². The maximum Gasteiger partial charge on any atom is 0.147 e. The number of piperidine rings is 1. The van der Waals surface area contributed by atoms with E-state index in [1.807, 2.05) is 0 Å². The quantitative estimate of drug-likeness (QED) is 0.846. The Morgan fingerprint density at radius 3 is 2.42 bits per heavy atom. The first-order valence-electron chi connectivity index (χ1n) is 10.7. The highest BCUT2D eigenvalue weighted by Gasteiger charge is 2.29. The molecule has 1 aromatic heterocycles. The summed E-state index contributed by atoms with van der Waals surface area (Å²) in [5.74, 6) is 5.00. The van der Waals surface area contributed by atoms with Crippen molar-refractivity contribution < 1.29 is 0 Å². The molecule has 0 radical (unpaired) electrons. The molecule has 3 aliphatic rings. The van der Waals surface area contributed by atoms with Crippen LogP contribution in [0, 0.1) is 11.8 Å². The predicted octanol–water partition coefficient (Wildman–Crippen LogP) is 3.59. The zero-order valence-electron chi connectivity index (χ0n) is 16.3. The number of hydrogen-bond acceptors (Lipinski definition) is 4. The molecule has 0 atom stereocenters. The monoisotopic (exact) mass is 381 g/mol. The molecule has 3 heterocycles. The molecule has 5 nitrogen and oxygen atoms in total. The van der Waals surface area contributed by atoms with Crippen LogP contribution < -0.4 is 5.32 Å². The molecule has 0 aromatic carbocycles. The molecule has 1 aromatic rings. The van der Waals surface area contributed by atoms with Gasteiger partial charge < -0.3 is 14.8 Å². The first-order chi connectivity index (χ1) is 12.3. The van der Waals surface area contributed by atoms with Crippen LogP contribution >= 0.6 is 12.4 Å². The topological polar surface area (TPSA) is 46.0 Å². The van der Waals surface area contributed by atoms with Crippen LogP contribution in [-0.4, -0.2) is 45.8 Å². The average Bonchev–Trinajstić information content (AvgIpc) is 3.08. The lowest BCUT2D eigenvalue weighted by Crippen LogP contribution is -2.38. The van der Waals surface area contributed by atoms with Gasteiger partial charge in [0.2, 0.25) is 0 Å². The van der Waals surface area contributed by atoms with Crippen LogP contribution in [0.5, 0.6) is 0 Å². The van der Waals surface area contributed by atoms with E-state index in [9.17, 15) is 0 Å². The zero-order valence-corrected chi connectivity index (χ0v) is 17.1. The van der Waals surface area contributed by atoms with E-state index in [-0.39, 0.29) is 12.4 Å². The Kier molecular flexibility index (Phi) is 7.35. The van der Waals surface area contributed by atoms with Crippen LogP contribution in [0.3, 0.4) is 0 Å². The summed E-state index contributed by atoms with van der Waals surface area (Å²) in [6.45, 7) is 9.15. The lowest BCUT2D eigenvalue weighted by Gasteiger charge is -2.36. The highest BCUT2D eigenvalue weighted by atomic mass is 35.5. The highest BCUT2D eigenvalue weighted by molar-refractivity contribution is 5.85. The number of halogens is 1. The molecule has 1 saturated carbocycles. The largest absolute Gasteiger partial charge is 0.312 e. The number of hydrogen-bond donors (Lipinski definition) is 1. The van der Waals surface area contributed by atoms with Crippen LogP contribution in [0.2, 0.25) is 0 Å². The van der Waals surface area contributed by atoms with Gasteiger partial charge in [0.25, 0.3) is 0 Å². The SMILES string of the molecule is CCCC1CCC(CN2CCC(c3nnc4n3CCNC4)CC2)CC1.Cl. The van der Waals surface area contributed by atoms with E-state index in [1.165, 1.54) is 76.8 Å². The normalized spacial score (nSPS) is 27.7. The molecule has 0 spiro atoms. The average molecular weight is 382 g/mol. The van der Waals surface area contributed by atoms with E-state index in [1.54, 1.807) is 0 Å². The molecule has 148 valence electrons. The molecular formula is C20H36ClN5. The molecule has 6 heteroatoms. The summed E-state index contributed by atoms with van der Waals surface area (Å²) in [5.41, 5.74) is 0. The van der Waals surface area contributed by atoms with Crippen molar-refractivity contribution in [2.75, 3.05) is 26.2 Å². The maximum absolute atomic E-state index is 4.54. The summed E-state index contributed by atoms with van der Waals surface area (Å²) in [6.07, 6.45) is 11.2. The van der Waals surface area contributed by atoms with Gasteiger partial charge in [-0.15, -0.1) is 22.6 Å². The van der Waals surface area contributed by atoms with Crippen LogP contribution in [0.15, 0.2) is 0 Å². The second-order valence-electron chi connectivity index (χ2n) is 8.55. The minimum Gasteiger partial charge on any atom is -0.312 e. The third kappa shape index (κ3) is 4.60. The Morgan fingerprint density at radius 1 is 0.962 bits per heavy atom. The Labute approximate surface area is 164 Å². The Bertz CT molecular complexity index is 544. The number of rotatable bonds is 5. The summed E-state index contributed by atoms with van der Waals surface area (Å²) in [7, 11) is 0. The van der Waals surface area contributed by atoms with Crippen LogP contribution in [0.25, 0.3) is 0 Å². The van der Waals surface area contributed by atoms with Gasteiger partial charge in [0.1, 0.15) is 11.6 Å². The minimum absolute atomic E-state index is 0. The second-order valence-corrected chi connectivity index (χ2v) is 8.55. The Morgan fingerprint density at radius 2 is 1.69 bits per heavy atom. The molecule has 1 N–H and O–H groups in total. The maximum atomic E-state index is 4.54. The van der Waals surface area contributed by atoms with Gasteiger partial charge >= 0.3 is 0 Å². The number of nitrogens with one attached hydrogen (secondary N) is 1. The molecule has 4 rings (SSSR count). The first-order valence-corrected chi connectivity index (χ1v) is 10.7. The molecule has 0 unspecified atom stereocenters. The van der Waals surface area contributed by atoms with E-state index in [0.29, 0.717) is 5.92 Å². The van der Waals surface area contributed by atoms with E-state index in [2.05, 4.69) is 31.9 Å². The number of fused-ring (bicyclic) bond motifs is 1. The number of nitrogens with zero attached hydrogens (tertiary/aromatic N) is 4. The smallest absolute Gasteiger partial charge is 0.147 e. The van der Waals surface area contributed by atoms with E-state index >= 15 is 0 Å². The summed E-state index contributed by atoms with van der Waals surface area (Å²) in [4.78, 5) is 2.73. The molecule has 2 fully saturated rings. The van der Waals surface area contributed by atoms with Crippen molar-refractivity contribution in [3.63, 3.8) is 0 Å². The summed E-state index contributed by atoms with van der Waals surface area (Å²) >= 11 is 0. The van der Waals surface area contributed by atoms with Gasteiger partial charge in [-0.05, 0) is 50.6 Å².